The van der Waals surface area contributed by atoms with E-state index < -0.39 is 15.9 Å². The van der Waals surface area contributed by atoms with Gasteiger partial charge >= 0.3 is 0 Å². The number of benzene rings is 3. The number of anilines is 1. The Balaban J connectivity index is 1.84. The van der Waals surface area contributed by atoms with E-state index in [0.717, 1.165) is 9.87 Å². The van der Waals surface area contributed by atoms with Gasteiger partial charge in [-0.05, 0) is 61.0 Å². The smallest absolute Gasteiger partial charge is 0.264 e. The molecule has 0 aliphatic carbocycles. The Morgan fingerprint density at radius 3 is 2.19 bits per heavy atom. The zero-order valence-corrected chi connectivity index (χ0v) is 18.7. The van der Waals surface area contributed by atoms with E-state index in [9.17, 15) is 13.2 Å². The highest BCUT2D eigenvalue weighted by Gasteiger charge is 2.27. The molecule has 8 heteroatoms. The van der Waals surface area contributed by atoms with E-state index in [-0.39, 0.29) is 17.5 Å². The largest absolute Gasteiger partial charge is 0.497 e. The lowest BCUT2D eigenvalue weighted by atomic mass is 10.1. The van der Waals surface area contributed by atoms with Crippen LogP contribution in [0.4, 0.5) is 5.69 Å². The van der Waals surface area contributed by atoms with Gasteiger partial charge in [0.05, 0.1) is 23.7 Å². The van der Waals surface area contributed by atoms with Crippen LogP contribution in [-0.4, -0.2) is 28.0 Å². The van der Waals surface area contributed by atoms with Gasteiger partial charge in [0, 0.05) is 5.02 Å². The zero-order chi connectivity index (χ0) is 22.4. The molecule has 0 bridgehead atoms. The van der Waals surface area contributed by atoms with Crippen LogP contribution in [0.25, 0.3) is 0 Å². The summed E-state index contributed by atoms with van der Waals surface area (Å²) in [5, 5.41) is 3.33. The maximum atomic E-state index is 13.3. The molecule has 3 rings (SSSR count). The van der Waals surface area contributed by atoms with Crippen molar-refractivity contribution in [2.75, 3.05) is 18.0 Å². The Labute approximate surface area is 187 Å². The van der Waals surface area contributed by atoms with Crippen molar-refractivity contribution < 1.29 is 17.9 Å². The standard InChI is InChI=1S/C23H23ClN2O4S/c1-17(18-8-14-21(30-2)15-9-18)25-23(27)16-26(20-12-10-19(24)11-13-20)31(28,29)22-6-4-3-5-7-22/h3-15,17H,16H2,1-2H3,(H,25,27). The predicted octanol–water partition coefficient (Wildman–Crippen LogP) is 4.42. The number of ether oxygens (including phenoxy) is 1. The molecule has 0 aromatic heterocycles. The molecule has 0 saturated heterocycles. The van der Waals surface area contributed by atoms with Gasteiger partial charge in [-0.2, -0.15) is 0 Å². The Kier molecular flexibility index (Phi) is 7.20. The van der Waals surface area contributed by atoms with Crippen LogP contribution in [0.1, 0.15) is 18.5 Å². The minimum absolute atomic E-state index is 0.0981. The third kappa shape index (κ3) is 5.57. The molecule has 0 radical (unpaired) electrons. The lowest BCUT2D eigenvalue weighted by Gasteiger charge is -2.25. The Morgan fingerprint density at radius 1 is 1.00 bits per heavy atom. The second-order valence-corrected chi connectivity index (χ2v) is 9.16. The van der Waals surface area contributed by atoms with Gasteiger partial charge in [-0.15, -0.1) is 0 Å². The molecule has 3 aromatic carbocycles. The summed E-state index contributed by atoms with van der Waals surface area (Å²) in [5.74, 6) is 0.280. The van der Waals surface area contributed by atoms with Crippen LogP contribution >= 0.6 is 11.6 Å². The van der Waals surface area contributed by atoms with Crippen molar-refractivity contribution >= 4 is 33.2 Å². The monoisotopic (exact) mass is 458 g/mol. The van der Waals surface area contributed by atoms with E-state index >= 15 is 0 Å². The van der Waals surface area contributed by atoms with Crippen molar-refractivity contribution in [3.8, 4) is 5.75 Å². The lowest BCUT2D eigenvalue weighted by Crippen LogP contribution is -2.41. The third-order valence-corrected chi connectivity index (χ3v) is 6.77. The summed E-state index contributed by atoms with van der Waals surface area (Å²) in [6.07, 6.45) is 0. The van der Waals surface area contributed by atoms with E-state index in [0.29, 0.717) is 16.5 Å². The normalized spacial score (nSPS) is 12.1. The number of carbonyl (C=O) groups is 1. The highest BCUT2D eigenvalue weighted by atomic mass is 35.5. The van der Waals surface area contributed by atoms with Gasteiger partial charge in [0.2, 0.25) is 5.91 Å². The van der Waals surface area contributed by atoms with Crippen molar-refractivity contribution in [1.82, 2.24) is 5.32 Å². The molecule has 1 amide bonds. The summed E-state index contributed by atoms with van der Waals surface area (Å²) in [6, 6.07) is 21.3. The Hall–Kier alpha value is -3.03. The first-order valence-electron chi connectivity index (χ1n) is 9.58. The second kappa shape index (κ2) is 9.85. The quantitative estimate of drug-likeness (QED) is 0.542. The topological polar surface area (TPSA) is 75.7 Å². The van der Waals surface area contributed by atoms with Crippen molar-refractivity contribution in [3.63, 3.8) is 0 Å². The fourth-order valence-corrected chi connectivity index (χ4v) is 4.60. The third-order valence-electron chi connectivity index (χ3n) is 4.73. The molecule has 0 aliphatic heterocycles. The summed E-state index contributed by atoms with van der Waals surface area (Å²) in [5.41, 5.74) is 1.22. The molecule has 1 N–H and O–H groups in total. The van der Waals surface area contributed by atoms with Gasteiger partial charge in [-0.1, -0.05) is 41.9 Å². The van der Waals surface area contributed by atoms with Crippen molar-refractivity contribution in [1.29, 1.82) is 0 Å². The highest BCUT2D eigenvalue weighted by Crippen LogP contribution is 2.25. The first-order valence-corrected chi connectivity index (χ1v) is 11.4. The molecule has 0 fully saturated rings. The summed E-state index contributed by atoms with van der Waals surface area (Å²) in [7, 11) is -2.38. The summed E-state index contributed by atoms with van der Waals surface area (Å²) >= 11 is 5.96. The molecule has 0 heterocycles. The average molecular weight is 459 g/mol. The summed E-state index contributed by atoms with van der Waals surface area (Å²) in [4.78, 5) is 12.9. The first kappa shape index (κ1) is 22.7. The van der Waals surface area contributed by atoms with Crippen LogP contribution in [0.2, 0.25) is 5.02 Å². The molecule has 0 spiro atoms. The molecule has 162 valence electrons. The maximum Gasteiger partial charge on any atom is 0.264 e. The number of carbonyl (C=O) groups excluding carboxylic acids is 1. The van der Waals surface area contributed by atoms with Gasteiger partial charge in [0.15, 0.2) is 0 Å². The number of nitrogens with one attached hydrogen (secondary N) is 1. The van der Waals surface area contributed by atoms with Gasteiger partial charge in [-0.3, -0.25) is 9.10 Å². The fourth-order valence-electron chi connectivity index (χ4n) is 3.04. The fraction of sp³-hybridized carbons (Fsp3) is 0.174. The molecular weight excluding hydrogens is 436 g/mol. The molecule has 1 atom stereocenters. The Morgan fingerprint density at radius 2 is 1.61 bits per heavy atom. The minimum Gasteiger partial charge on any atom is -0.497 e. The number of halogens is 1. The summed E-state index contributed by atoms with van der Waals surface area (Å²) in [6.45, 7) is 1.46. The van der Waals surface area contributed by atoms with Crippen LogP contribution in [0, 0.1) is 0 Å². The second-order valence-electron chi connectivity index (χ2n) is 6.86. The van der Waals surface area contributed by atoms with Gasteiger partial charge in [0.1, 0.15) is 12.3 Å². The van der Waals surface area contributed by atoms with Crippen LogP contribution in [0.15, 0.2) is 83.8 Å². The number of hydrogen-bond donors (Lipinski definition) is 1. The van der Waals surface area contributed by atoms with E-state index in [1.165, 1.54) is 12.1 Å². The van der Waals surface area contributed by atoms with E-state index in [4.69, 9.17) is 16.3 Å². The van der Waals surface area contributed by atoms with E-state index in [2.05, 4.69) is 5.32 Å². The minimum atomic E-state index is -3.96. The van der Waals surface area contributed by atoms with Crippen molar-refractivity contribution in [2.24, 2.45) is 0 Å². The molecule has 31 heavy (non-hydrogen) atoms. The number of amides is 1. The maximum absolute atomic E-state index is 13.3. The highest BCUT2D eigenvalue weighted by molar-refractivity contribution is 7.92. The lowest BCUT2D eigenvalue weighted by molar-refractivity contribution is -0.120. The SMILES string of the molecule is COc1ccc(C(C)NC(=O)CN(c2ccc(Cl)cc2)S(=O)(=O)c2ccccc2)cc1. The summed E-state index contributed by atoms with van der Waals surface area (Å²) < 4.78 is 32.8. The average Bonchev–Trinajstić information content (AvgIpc) is 2.78. The van der Waals surface area contributed by atoms with Crippen LogP contribution in [-0.2, 0) is 14.8 Å². The molecule has 0 aliphatic rings. The molecule has 3 aromatic rings. The molecule has 0 saturated carbocycles. The van der Waals surface area contributed by atoms with Crippen molar-refractivity contribution in [2.45, 2.75) is 17.9 Å². The van der Waals surface area contributed by atoms with Crippen molar-refractivity contribution in [3.05, 3.63) is 89.4 Å². The zero-order valence-electron chi connectivity index (χ0n) is 17.2. The molecular formula is C23H23ClN2O4S. The molecule has 6 nitrogen and oxygen atoms in total. The first-order chi connectivity index (χ1) is 14.8. The van der Waals surface area contributed by atoms with E-state index in [1.807, 2.05) is 19.1 Å². The number of sulfonamides is 1. The Bertz CT molecular complexity index is 1120. The number of rotatable bonds is 8. The number of hydrogen-bond acceptors (Lipinski definition) is 4. The van der Waals surface area contributed by atoms with Crippen LogP contribution in [0.3, 0.4) is 0 Å². The van der Waals surface area contributed by atoms with Crippen LogP contribution < -0.4 is 14.4 Å². The van der Waals surface area contributed by atoms with E-state index in [1.54, 1.807) is 61.7 Å². The van der Waals surface area contributed by atoms with Gasteiger partial charge < -0.3 is 10.1 Å². The van der Waals surface area contributed by atoms with Crippen LogP contribution in [0.5, 0.6) is 5.75 Å². The van der Waals surface area contributed by atoms with Gasteiger partial charge in [-0.25, -0.2) is 8.42 Å². The number of nitrogens with zero attached hydrogens (tertiary/aromatic N) is 1. The van der Waals surface area contributed by atoms with Gasteiger partial charge in [0.25, 0.3) is 10.0 Å². The number of methoxy groups -OCH3 is 1. The molecule has 1 unspecified atom stereocenters. The predicted molar refractivity (Wildman–Crippen MR) is 122 cm³/mol.